The standard InChI is InChI=1S/C23H22N4OS2/c1-14-7-3-4-8-16(14)22-21-18(17-9-5-6-10-19(17)24-21)11-12-27(22)20(28)13-29-23-26-25-15(2)30-23/h3-10,22,24H,11-13H2,1-2H3/t22-/m1/s1. The van der Waals surface area contributed by atoms with E-state index in [9.17, 15) is 4.79 Å². The van der Waals surface area contributed by atoms with Gasteiger partial charge in [0.05, 0.1) is 11.8 Å². The van der Waals surface area contributed by atoms with Crippen molar-refractivity contribution in [3.63, 3.8) is 0 Å². The maximum Gasteiger partial charge on any atom is 0.233 e. The number of rotatable bonds is 4. The smallest absolute Gasteiger partial charge is 0.233 e. The Balaban J connectivity index is 1.53. The molecule has 0 radical (unpaired) electrons. The van der Waals surface area contributed by atoms with Crippen molar-refractivity contribution in [2.45, 2.75) is 30.6 Å². The van der Waals surface area contributed by atoms with Crippen molar-refractivity contribution in [2.75, 3.05) is 12.3 Å². The summed E-state index contributed by atoms with van der Waals surface area (Å²) >= 11 is 3.01. The van der Waals surface area contributed by atoms with Crippen LogP contribution in [-0.2, 0) is 11.2 Å². The van der Waals surface area contributed by atoms with Crippen molar-refractivity contribution in [1.82, 2.24) is 20.1 Å². The Morgan fingerprint density at radius 3 is 2.77 bits per heavy atom. The zero-order valence-corrected chi connectivity index (χ0v) is 18.5. The number of carbonyl (C=O) groups is 1. The molecule has 0 bridgehead atoms. The number of amides is 1. The first-order chi connectivity index (χ1) is 14.6. The number of nitrogens with one attached hydrogen (secondary N) is 1. The Hall–Kier alpha value is -2.64. The summed E-state index contributed by atoms with van der Waals surface area (Å²) in [7, 11) is 0. The maximum atomic E-state index is 13.3. The van der Waals surface area contributed by atoms with Gasteiger partial charge >= 0.3 is 0 Å². The predicted octanol–water partition coefficient (Wildman–Crippen LogP) is 4.90. The molecule has 7 heteroatoms. The van der Waals surface area contributed by atoms with Gasteiger partial charge in [-0.2, -0.15) is 0 Å². The Morgan fingerprint density at radius 1 is 1.17 bits per heavy atom. The molecule has 0 unspecified atom stereocenters. The van der Waals surface area contributed by atoms with Crippen molar-refractivity contribution < 1.29 is 4.79 Å². The molecule has 1 N–H and O–H groups in total. The summed E-state index contributed by atoms with van der Waals surface area (Å²) in [5.41, 5.74) is 5.97. The average molecular weight is 435 g/mol. The lowest BCUT2D eigenvalue weighted by molar-refractivity contribution is -0.130. The fraction of sp³-hybridized carbons (Fsp3) is 0.261. The van der Waals surface area contributed by atoms with Crippen LogP contribution in [0.2, 0.25) is 0 Å². The predicted molar refractivity (Wildman–Crippen MR) is 122 cm³/mol. The van der Waals surface area contributed by atoms with Gasteiger partial charge in [0.15, 0.2) is 4.34 Å². The van der Waals surface area contributed by atoms with Crippen LogP contribution in [0.4, 0.5) is 0 Å². The number of benzene rings is 2. The minimum absolute atomic E-state index is 0.105. The number of hydrogen-bond acceptors (Lipinski definition) is 5. The van der Waals surface area contributed by atoms with Crippen LogP contribution in [-0.4, -0.2) is 38.3 Å². The van der Waals surface area contributed by atoms with Gasteiger partial charge in [-0.15, -0.1) is 10.2 Å². The molecule has 30 heavy (non-hydrogen) atoms. The normalized spacial score (nSPS) is 16.1. The van der Waals surface area contributed by atoms with Gasteiger partial charge in [-0.25, -0.2) is 0 Å². The quantitative estimate of drug-likeness (QED) is 0.464. The SMILES string of the molecule is Cc1nnc(SCC(=O)N2CCc3c([nH]c4ccccc34)[C@H]2c2ccccc2C)s1. The number of para-hydroxylation sites is 1. The molecule has 0 spiro atoms. The molecule has 0 saturated heterocycles. The summed E-state index contributed by atoms with van der Waals surface area (Å²) in [6.45, 7) is 4.76. The number of hydrogen-bond donors (Lipinski definition) is 1. The number of fused-ring (bicyclic) bond motifs is 3. The van der Waals surface area contributed by atoms with Crippen LogP contribution >= 0.6 is 23.1 Å². The first-order valence-corrected chi connectivity index (χ1v) is 11.8. The topological polar surface area (TPSA) is 61.9 Å². The summed E-state index contributed by atoms with van der Waals surface area (Å²) < 4.78 is 0.844. The molecule has 1 atom stereocenters. The number of aromatic amines is 1. The van der Waals surface area contributed by atoms with E-state index < -0.39 is 0 Å². The number of H-pyrrole nitrogens is 1. The second kappa shape index (κ2) is 7.89. The van der Waals surface area contributed by atoms with E-state index >= 15 is 0 Å². The highest BCUT2D eigenvalue weighted by Crippen LogP contribution is 2.39. The van der Waals surface area contributed by atoms with Crippen LogP contribution in [0.25, 0.3) is 10.9 Å². The number of thioether (sulfide) groups is 1. The lowest BCUT2D eigenvalue weighted by Crippen LogP contribution is -2.41. The summed E-state index contributed by atoms with van der Waals surface area (Å²) in [5, 5.41) is 10.4. The molecular formula is C23H22N4OS2. The first kappa shape index (κ1) is 19.3. The highest BCUT2D eigenvalue weighted by molar-refractivity contribution is 8.01. The minimum atomic E-state index is -0.105. The molecule has 3 heterocycles. The summed E-state index contributed by atoms with van der Waals surface area (Å²) in [4.78, 5) is 19.0. The molecule has 0 saturated carbocycles. The van der Waals surface area contributed by atoms with Crippen LogP contribution < -0.4 is 0 Å². The zero-order valence-electron chi connectivity index (χ0n) is 16.9. The van der Waals surface area contributed by atoms with Crippen molar-refractivity contribution in [3.8, 4) is 0 Å². The van der Waals surface area contributed by atoms with Gasteiger partial charge in [0, 0.05) is 23.1 Å². The Morgan fingerprint density at radius 2 is 1.97 bits per heavy atom. The van der Waals surface area contributed by atoms with Crippen LogP contribution in [0.3, 0.4) is 0 Å². The van der Waals surface area contributed by atoms with Gasteiger partial charge in [0.1, 0.15) is 5.01 Å². The number of carbonyl (C=O) groups excluding carboxylic acids is 1. The third-order valence-electron chi connectivity index (χ3n) is 5.66. The lowest BCUT2D eigenvalue weighted by atomic mass is 9.90. The van der Waals surface area contributed by atoms with Gasteiger partial charge < -0.3 is 9.88 Å². The van der Waals surface area contributed by atoms with E-state index in [1.807, 2.05) is 17.9 Å². The van der Waals surface area contributed by atoms with Crippen LogP contribution in [0.15, 0.2) is 52.9 Å². The number of aromatic nitrogens is 3. The molecule has 0 aliphatic carbocycles. The Bertz CT molecular complexity index is 1230. The van der Waals surface area contributed by atoms with Gasteiger partial charge in [-0.1, -0.05) is 65.6 Å². The maximum absolute atomic E-state index is 13.3. The van der Waals surface area contributed by atoms with Crippen LogP contribution in [0.5, 0.6) is 0 Å². The molecule has 0 fully saturated rings. The monoisotopic (exact) mass is 434 g/mol. The fourth-order valence-electron chi connectivity index (χ4n) is 4.27. The molecule has 5 nitrogen and oxygen atoms in total. The van der Waals surface area contributed by atoms with Gasteiger partial charge in [0.2, 0.25) is 5.91 Å². The number of nitrogens with zero attached hydrogens (tertiary/aromatic N) is 3. The highest BCUT2D eigenvalue weighted by Gasteiger charge is 2.35. The molecule has 1 aliphatic rings. The van der Waals surface area contributed by atoms with E-state index in [1.54, 1.807) is 0 Å². The van der Waals surface area contributed by atoms with E-state index in [1.165, 1.54) is 45.2 Å². The third-order valence-corrected chi connectivity index (χ3v) is 7.62. The first-order valence-electron chi connectivity index (χ1n) is 9.99. The van der Waals surface area contributed by atoms with Gasteiger partial charge in [-0.05, 0) is 43.0 Å². The van der Waals surface area contributed by atoms with E-state index in [0.717, 1.165) is 27.0 Å². The van der Waals surface area contributed by atoms with Crippen molar-refractivity contribution in [1.29, 1.82) is 0 Å². The van der Waals surface area contributed by atoms with E-state index in [4.69, 9.17) is 0 Å². The second-order valence-corrected chi connectivity index (χ2v) is 9.94. The van der Waals surface area contributed by atoms with Crippen molar-refractivity contribution in [3.05, 3.63) is 75.9 Å². The van der Waals surface area contributed by atoms with Crippen LogP contribution in [0, 0.1) is 13.8 Å². The van der Waals surface area contributed by atoms with Crippen molar-refractivity contribution in [2.24, 2.45) is 0 Å². The van der Waals surface area contributed by atoms with E-state index in [-0.39, 0.29) is 11.9 Å². The molecule has 1 aliphatic heterocycles. The molecule has 2 aromatic heterocycles. The molecule has 5 rings (SSSR count). The number of aryl methyl sites for hydroxylation is 2. The van der Waals surface area contributed by atoms with E-state index in [2.05, 4.69) is 64.6 Å². The van der Waals surface area contributed by atoms with Crippen LogP contribution in [0.1, 0.15) is 33.4 Å². The third kappa shape index (κ3) is 3.42. The largest absolute Gasteiger partial charge is 0.356 e. The molecule has 4 aromatic rings. The summed E-state index contributed by atoms with van der Waals surface area (Å²) in [6, 6.07) is 16.7. The highest BCUT2D eigenvalue weighted by atomic mass is 32.2. The molecule has 1 amide bonds. The lowest BCUT2D eigenvalue weighted by Gasteiger charge is -2.37. The molecule has 152 valence electrons. The average Bonchev–Trinajstić information content (AvgIpc) is 3.35. The second-order valence-electron chi connectivity index (χ2n) is 7.53. The Kier molecular flexibility index (Phi) is 5.08. The van der Waals surface area contributed by atoms with Gasteiger partial charge in [0.25, 0.3) is 0 Å². The fourth-order valence-corrected chi connectivity index (χ4v) is 5.97. The summed E-state index contributed by atoms with van der Waals surface area (Å²) in [6.07, 6.45) is 0.857. The molecule has 2 aromatic carbocycles. The van der Waals surface area contributed by atoms with Crippen molar-refractivity contribution >= 4 is 39.9 Å². The molecular weight excluding hydrogens is 412 g/mol. The Labute approximate surface area is 183 Å². The zero-order chi connectivity index (χ0) is 20.7. The van der Waals surface area contributed by atoms with E-state index in [0.29, 0.717) is 12.3 Å². The summed E-state index contributed by atoms with van der Waals surface area (Å²) in [5.74, 6) is 0.498. The minimum Gasteiger partial charge on any atom is -0.356 e. The van der Waals surface area contributed by atoms with Gasteiger partial charge in [-0.3, -0.25) is 4.79 Å².